The van der Waals surface area contributed by atoms with Gasteiger partial charge >= 0.3 is 0 Å². The van der Waals surface area contributed by atoms with Gasteiger partial charge in [-0.3, -0.25) is 4.79 Å². The third-order valence-corrected chi connectivity index (χ3v) is 3.71. The zero-order valence-electron chi connectivity index (χ0n) is 9.09. The Labute approximate surface area is 102 Å². The zero-order valence-corrected chi connectivity index (χ0v) is 10.7. The van der Waals surface area contributed by atoms with Crippen LogP contribution in [-0.4, -0.2) is 11.9 Å². The number of carbonyl (C=O) groups excluding carboxylic acids is 1. The van der Waals surface area contributed by atoms with Gasteiger partial charge in [-0.25, -0.2) is 4.39 Å². The molecular weight excluding hydrogens is 275 g/mol. The Bertz CT molecular complexity index is 443. The molecule has 0 heterocycles. The molecule has 1 aliphatic rings. The van der Waals surface area contributed by atoms with Crippen molar-refractivity contribution in [2.24, 2.45) is 5.41 Å². The highest BCUT2D eigenvalue weighted by atomic mass is 79.9. The van der Waals surface area contributed by atoms with Gasteiger partial charge in [0.2, 0.25) is 0 Å². The van der Waals surface area contributed by atoms with E-state index < -0.39 is 5.41 Å². The number of carbonyl (C=O) groups is 1. The van der Waals surface area contributed by atoms with E-state index in [1.807, 2.05) is 13.8 Å². The molecular formula is C12H12BrFO2. The van der Waals surface area contributed by atoms with Crippen molar-refractivity contribution < 1.29 is 13.9 Å². The molecule has 0 amide bonds. The number of benzene rings is 1. The van der Waals surface area contributed by atoms with Crippen molar-refractivity contribution in [1.29, 1.82) is 0 Å². The summed E-state index contributed by atoms with van der Waals surface area (Å²) in [5.41, 5.74) is -0.455. The third-order valence-electron chi connectivity index (χ3n) is 3.06. The highest BCUT2D eigenvalue weighted by Gasteiger charge is 2.49. The van der Waals surface area contributed by atoms with Gasteiger partial charge in [-0.2, -0.15) is 0 Å². The molecule has 2 nitrogen and oxygen atoms in total. The Morgan fingerprint density at radius 2 is 2.19 bits per heavy atom. The van der Waals surface area contributed by atoms with E-state index in [9.17, 15) is 9.18 Å². The Morgan fingerprint density at radius 3 is 2.69 bits per heavy atom. The molecule has 1 aromatic rings. The number of halogens is 2. The first-order valence-corrected chi connectivity index (χ1v) is 5.85. The van der Waals surface area contributed by atoms with E-state index >= 15 is 0 Å². The smallest absolute Gasteiger partial charge is 0.145 e. The van der Waals surface area contributed by atoms with Crippen molar-refractivity contribution >= 4 is 21.7 Å². The largest absolute Gasteiger partial charge is 0.489 e. The maximum Gasteiger partial charge on any atom is 0.145 e. The summed E-state index contributed by atoms with van der Waals surface area (Å²) in [5.74, 6) is 0.294. The van der Waals surface area contributed by atoms with E-state index in [4.69, 9.17) is 4.74 Å². The maximum absolute atomic E-state index is 13.2. The van der Waals surface area contributed by atoms with Gasteiger partial charge in [-0.15, -0.1) is 0 Å². The summed E-state index contributed by atoms with van der Waals surface area (Å²) in [6, 6.07) is 4.60. The quantitative estimate of drug-likeness (QED) is 0.834. The Balaban J connectivity index is 2.11. The molecule has 0 radical (unpaired) electrons. The number of hydrogen-bond acceptors (Lipinski definition) is 2. The molecule has 0 aliphatic heterocycles. The normalized spacial score (nSPS) is 22.8. The lowest BCUT2D eigenvalue weighted by atomic mass is 9.68. The second-order valence-electron chi connectivity index (χ2n) is 4.53. The molecule has 86 valence electrons. The number of ether oxygens (including phenoxy) is 1. The number of Topliss-reactive ketones (excluding diaryl/α,β-unsaturated/α-hetero) is 1. The molecule has 1 atom stereocenters. The van der Waals surface area contributed by atoms with Crippen molar-refractivity contribution in [2.45, 2.75) is 26.4 Å². The van der Waals surface area contributed by atoms with Gasteiger partial charge in [-0.05, 0) is 41.9 Å². The van der Waals surface area contributed by atoms with Crippen molar-refractivity contribution in [2.75, 3.05) is 0 Å². The SMILES string of the molecule is CC1(C)C(=O)CC1Oc1ccc(Br)c(F)c1. The van der Waals surface area contributed by atoms with Crippen LogP contribution in [0, 0.1) is 11.2 Å². The highest BCUT2D eigenvalue weighted by molar-refractivity contribution is 9.10. The summed E-state index contributed by atoms with van der Waals surface area (Å²) in [6.07, 6.45) is 0.255. The van der Waals surface area contributed by atoms with Gasteiger partial charge < -0.3 is 4.74 Å². The first-order valence-electron chi connectivity index (χ1n) is 5.06. The fourth-order valence-electron chi connectivity index (χ4n) is 1.64. The molecule has 1 saturated carbocycles. The van der Waals surface area contributed by atoms with Crippen LogP contribution in [-0.2, 0) is 4.79 Å². The first-order chi connectivity index (χ1) is 7.41. The molecule has 16 heavy (non-hydrogen) atoms. The van der Waals surface area contributed by atoms with E-state index in [0.29, 0.717) is 16.6 Å². The molecule has 1 unspecified atom stereocenters. The predicted molar refractivity (Wildman–Crippen MR) is 61.9 cm³/mol. The molecule has 1 aromatic carbocycles. The Hall–Kier alpha value is -0.900. The van der Waals surface area contributed by atoms with Gasteiger partial charge in [0.15, 0.2) is 0 Å². The molecule has 0 saturated heterocycles. The second kappa shape index (κ2) is 3.84. The van der Waals surface area contributed by atoms with E-state index in [0.717, 1.165) is 0 Å². The lowest BCUT2D eigenvalue weighted by molar-refractivity contribution is -0.148. The molecule has 4 heteroatoms. The highest BCUT2D eigenvalue weighted by Crippen LogP contribution is 2.39. The Morgan fingerprint density at radius 1 is 1.50 bits per heavy atom. The van der Waals surface area contributed by atoms with E-state index in [1.165, 1.54) is 6.07 Å². The molecule has 0 bridgehead atoms. The standard InChI is InChI=1S/C12H12BrFO2/c1-12(2)10(15)6-11(12)16-7-3-4-8(13)9(14)5-7/h3-5,11H,6H2,1-2H3. The van der Waals surface area contributed by atoms with Crippen LogP contribution in [0.2, 0.25) is 0 Å². The van der Waals surface area contributed by atoms with Crippen LogP contribution < -0.4 is 4.74 Å². The zero-order chi connectivity index (χ0) is 11.9. The molecule has 0 spiro atoms. The second-order valence-corrected chi connectivity index (χ2v) is 5.39. The number of ketones is 1. The summed E-state index contributed by atoms with van der Waals surface area (Å²) >= 11 is 3.07. The summed E-state index contributed by atoms with van der Waals surface area (Å²) in [7, 11) is 0. The van der Waals surface area contributed by atoms with Crippen LogP contribution in [0.5, 0.6) is 5.75 Å². The van der Waals surface area contributed by atoms with Crippen LogP contribution in [0.1, 0.15) is 20.3 Å². The predicted octanol–water partition coefficient (Wildman–Crippen LogP) is 3.33. The average Bonchev–Trinajstić information content (AvgIpc) is 2.23. The van der Waals surface area contributed by atoms with E-state index in [1.54, 1.807) is 12.1 Å². The van der Waals surface area contributed by atoms with E-state index in [-0.39, 0.29) is 17.7 Å². The Kier molecular flexibility index (Phi) is 2.78. The maximum atomic E-state index is 13.2. The van der Waals surface area contributed by atoms with Gasteiger partial charge in [0.25, 0.3) is 0 Å². The van der Waals surface area contributed by atoms with Crippen LogP contribution in [0.15, 0.2) is 22.7 Å². The van der Waals surface area contributed by atoms with Crippen LogP contribution in [0.3, 0.4) is 0 Å². The lowest BCUT2D eigenvalue weighted by Gasteiger charge is -2.41. The molecule has 1 aliphatic carbocycles. The number of hydrogen-bond donors (Lipinski definition) is 0. The van der Waals surface area contributed by atoms with Gasteiger partial charge in [0.1, 0.15) is 23.5 Å². The molecule has 1 fully saturated rings. The van der Waals surface area contributed by atoms with Crippen molar-refractivity contribution in [3.05, 3.63) is 28.5 Å². The first kappa shape index (κ1) is 11.6. The molecule has 0 N–H and O–H groups in total. The average molecular weight is 287 g/mol. The van der Waals surface area contributed by atoms with Gasteiger partial charge in [-0.1, -0.05) is 0 Å². The molecule has 0 aromatic heterocycles. The van der Waals surface area contributed by atoms with Gasteiger partial charge in [0.05, 0.1) is 9.89 Å². The summed E-state index contributed by atoms with van der Waals surface area (Å²) in [6.45, 7) is 3.69. The minimum atomic E-state index is -0.455. The minimum Gasteiger partial charge on any atom is -0.489 e. The van der Waals surface area contributed by atoms with Crippen LogP contribution in [0.4, 0.5) is 4.39 Å². The lowest BCUT2D eigenvalue weighted by Crippen LogP contribution is -2.52. The third kappa shape index (κ3) is 1.86. The van der Waals surface area contributed by atoms with Crippen LogP contribution in [0.25, 0.3) is 0 Å². The topological polar surface area (TPSA) is 26.3 Å². The summed E-state index contributed by atoms with van der Waals surface area (Å²) < 4.78 is 19.2. The van der Waals surface area contributed by atoms with Crippen LogP contribution >= 0.6 is 15.9 Å². The molecule has 2 rings (SSSR count). The summed E-state index contributed by atoms with van der Waals surface area (Å²) in [4.78, 5) is 11.3. The fourth-order valence-corrected chi connectivity index (χ4v) is 1.89. The van der Waals surface area contributed by atoms with Crippen molar-refractivity contribution in [1.82, 2.24) is 0 Å². The summed E-state index contributed by atoms with van der Waals surface area (Å²) in [5, 5.41) is 0. The number of rotatable bonds is 2. The fraction of sp³-hybridized carbons (Fsp3) is 0.417. The van der Waals surface area contributed by atoms with Crippen molar-refractivity contribution in [3.63, 3.8) is 0 Å². The monoisotopic (exact) mass is 286 g/mol. The minimum absolute atomic E-state index is 0.152. The van der Waals surface area contributed by atoms with Gasteiger partial charge in [0, 0.05) is 12.5 Å². The van der Waals surface area contributed by atoms with Crippen molar-refractivity contribution in [3.8, 4) is 5.75 Å². The van der Waals surface area contributed by atoms with E-state index in [2.05, 4.69) is 15.9 Å².